The number of rotatable bonds is 6. The molecule has 3 nitrogen and oxygen atoms in total. The van der Waals surface area contributed by atoms with Gasteiger partial charge in [-0.1, -0.05) is 26.2 Å². The van der Waals surface area contributed by atoms with Crippen LogP contribution in [-0.2, 0) is 0 Å². The van der Waals surface area contributed by atoms with Gasteiger partial charge in [-0.05, 0) is 22.4 Å². The average molecular weight is 291 g/mol. The molecule has 1 heterocycles. The van der Waals surface area contributed by atoms with Gasteiger partial charge in [0.2, 0.25) is 0 Å². The van der Waals surface area contributed by atoms with Gasteiger partial charge in [-0.3, -0.25) is 4.79 Å². The maximum Gasteiger partial charge on any atom is 0.263 e. The van der Waals surface area contributed by atoms with Gasteiger partial charge in [0.1, 0.15) is 4.88 Å². The SMILES string of the molecule is CCCCCCNC(=O)c1cnc(Br)s1. The number of unbranched alkanes of at least 4 members (excludes halogenated alkanes) is 3. The molecule has 0 fully saturated rings. The molecular formula is C10H15BrN2OS. The molecule has 1 aromatic heterocycles. The molecule has 1 N–H and O–H groups in total. The summed E-state index contributed by atoms with van der Waals surface area (Å²) in [5.74, 6) is -0.0188. The van der Waals surface area contributed by atoms with E-state index in [2.05, 4.69) is 33.2 Å². The molecular weight excluding hydrogens is 276 g/mol. The Morgan fingerprint density at radius 3 is 2.93 bits per heavy atom. The molecule has 0 bridgehead atoms. The summed E-state index contributed by atoms with van der Waals surface area (Å²) < 4.78 is 0.749. The molecule has 1 aromatic rings. The van der Waals surface area contributed by atoms with Crippen molar-refractivity contribution in [3.05, 3.63) is 15.0 Å². The van der Waals surface area contributed by atoms with E-state index in [1.54, 1.807) is 6.20 Å². The zero-order valence-corrected chi connectivity index (χ0v) is 11.2. The number of carbonyl (C=O) groups is 1. The van der Waals surface area contributed by atoms with Crippen molar-refractivity contribution in [2.45, 2.75) is 32.6 Å². The third-order valence-corrected chi connectivity index (χ3v) is 3.49. The molecule has 5 heteroatoms. The highest BCUT2D eigenvalue weighted by Gasteiger charge is 2.07. The van der Waals surface area contributed by atoms with Crippen LogP contribution in [0.15, 0.2) is 10.1 Å². The summed E-state index contributed by atoms with van der Waals surface area (Å²) in [5, 5.41) is 2.88. The van der Waals surface area contributed by atoms with Gasteiger partial charge in [-0.15, -0.1) is 11.3 Å². The normalized spacial score (nSPS) is 10.3. The lowest BCUT2D eigenvalue weighted by Gasteiger charge is -2.02. The molecule has 0 aliphatic rings. The average Bonchev–Trinajstić information content (AvgIpc) is 2.64. The van der Waals surface area contributed by atoms with E-state index in [4.69, 9.17) is 0 Å². The summed E-state index contributed by atoms with van der Waals surface area (Å²) in [6.07, 6.45) is 6.29. The monoisotopic (exact) mass is 290 g/mol. The molecule has 0 saturated heterocycles. The van der Waals surface area contributed by atoms with Gasteiger partial charge in [-0.2, -0.15) is 0 Å². The number of thiazole rings is 1. The molecule has 0 aliphatic heterocycles. The van der Waals surface area contributed by atoms with Crippen molar-refractivity contribution in [2.24, 2.45) is 0 Å². The lowest BCUT2D eigenvalue weighted by atomic mass is 10.2. The van der Waals surface area contributed by atoms with E-state index in [1.165, 1.54) is 30.6 Å². The van der Waals surface area contributed by atoms with Crippen molar-refractivity contribution in [2.75, 3.05) is 6.54 Å². The van der Waals surface area contributed by atoms with Gasteiger partial charge in [0.15, 0.2) is 3.92 Å². The number of hydrogen-bond acceptors (Lipinski definition) is 3. The van der Waals surface area contributed by atoms with E-state index in [9.17, 15) is 4.79 Å². The Morgan fingerprint density at radius 1 is 1.53 bits per heavy atom. The van der Waals surface area contributed by atoms with Crippen LogP contribution < -0.4 is 5.32 Å². The third kappa shape index (κ3) is 4.75. The Balaban J connectivity index is 2.19. The number of halogens is 1. The van der Waals surface area contributed by atoms with E-state index >= 15 is 0 Å². The molecule has 0 aromatic carbocycles. The molecule has 84 valence electrons. The summed E-state index contributed by atoms with van der Waals surface area (Å²) in [5.41, 5.74) is 0. The van der Waals surface area contributed by atoms with E-state index in [0.29, 0.717) is 4.88 Å². The zero-order valence-electron chi connectivity index (χ0n) is 8.75. The van der Waals surface area contributed by atoms with Gasteiger partial charge in [-0.25, -0.2) is 4.98 Å². The maximum absolute atomic E-state index is 11.5. The second-order valence-corrected chi connectivity index (χ2v) is 5.60. The van der Waals surface area contributed by atoms with Crippen LogP contribution in [0.1, 0.15) is 42.3 Å². The minimum Gasteiger partial charge on any atom is -0.351 e. The number of nitrogens with zero attached hydrogens (tertiary/aromatic N) is 1. The van der Waals surface area contributed by atoms with Crippen molar-refractivity contribution >= 4 is 33.2 Å². The predicted molar refractivity (Wildman–Crippen MR) is 66.3 cm³/mol. The first-order valence-corrected chi connectivity index (χ1v) is 6.74. The molecule has 0 radical (unpaired) electrons. The predicted octanol–water partition coefficient (Wildman–Crippen LogP) is 3.22. The standard InChI is InChI=1S/C10H15BrN2OS/c1-2-3-4-5-6-12-9(14)8-7-13-10(11)15-8/h7H,2-6H2,1H3,(H,12,14). The Morgan fingerprint density at radius 2 is 2.33 bits per heavy atom. The van der Waals surface area contributed by atoms with Crippen molar-refractivity contribution in [3.63, 3.8) is 0 Å². The van der Waals surface area contributed by atoms with Gasteiger partial charge in [0.05, 0.1) is 6.20 Å². The fraction of sp³-hybridized carbons (Fsp3) is 0.600. The summed E-state index contributed by atoms with van der Waals surface area (Å²) in [6.45, 7) is 2.93. The number of carbonyl (C=O) groups excluding carboxylic acids is 1. The van der Waals surface area contributed by atoms with E-state index in [1.807, 2.05) is 0 Å². The van der Waals surface area contributed by atoms with Gasteiger partial charge >= 0.3 is 0 Å². The molecule has 1 rings (SSSR count). The van der Waals surface area contributed by atoms with Crippen molar-refractivity contribution in [1.82, 2.24) is 10.3 Å². The summed E-state index contributed by atoms with van der Waals surface area (Å²) in [6, 6.07) is 0. The highest BCUT2D eigenvalue weighted by molar-refractivity contribution is 9.11. The first-order valence-electron chi connectivity index (χ1n) is 5.13. The molecule has 15 heavy (non-hydrogen) atoms. The molecule has 1 amide bonds. The number of aromatic nitrogens is 1. The number of amides is 1. The molecule has 0 saturated carbocycles. The Bertz CT molecular complexity index is 314. The minimum absolute atomic E-state index is 0.0188. The van der Waals surface area contributed by atoms with Crippen molar-refractivity contribution in [1.29, 1.82) is 0 Å². The molecule has 0 spiro atoms. The van der Waals surface area contributed by atoms with Gasteiger partial charge < -0.3 is 5.32 Å². The fourth-order valence-corrected chi connectivity index (χ4v) is 2.38. The van der Waals surface area contributed by atoms with Crippen LogP contribution in [0.5, 0.6) is 0 Å². The molecule has 0 unspecified atom stereocenters. The lowest BCUT2D eigenvalue weighted by Crippen LogP contribution is -2.23. The van der Waals surface area contributed by atoms with E-state index in [0.717, 1.165) is 16.9 Å². The summed E-state index contributed by atoms with van der Waals surface area (Å²) >= 11 is 4.59. The fourth-order valence-electron chi connectivity index (χ4n) is 1.20. The minimum atomic E-state index is -0.0188. The van der Waals surface area contributed by atoms with Crippen LogP contribution in [0.3, 0.4) is 0 Å². The van der Waals surface area contributed by atoms with E-state index < -0.39 is 0 Å². The van der Waals surface area contributed by atoms with Crippen molar-refractivity contribution < 1.29 is 4.79 Å². The Hall–Kier alpha value is -0.420. The van der Waals surface area contributed by atoms with Crippen LogP contribution in [0.4, 0.5) is 0 Å². The quantitative estimate of drug-likeness (QED) is 0.818. The first kappa shape index (κ1) is 12.6. The summed E-state index contributed by atoms with van der Waals surface area (Å²) in [7, 11) is 0. The second-order valence-electron chi connectivity index (χ2n) is 3.29. The first-order chi connectivity index (χ1) is 7.24. The lowest BCUT2D eigenvalue weighted by molar-refractivity contribution is 0.0957. The zero-order chi connectivity index (χ0) is 11.1. The van der Waals surface area contributed by atoms with Crippen LogP contribution in [0, 0.1) is 0 Å². The van der Waals surface area contributed by atoms with Gasteiger partial charge in [0.25, 0.3) is 5.91 Å². The van der Waals surface area contributed by atoms with Crippen LogP contribution in [-0.4, -0.2) is 17.4 Å². The highest BCUT2D eigenvalue weighted by Crippen LogP contribution is 2.17. The van der Waals surface area contributed by atoms with Crippen molar-refractivity contribution in [3.8, 4) is 0 Å². The van der Waals surface area contributed by atoms with Crippen LogP contribution in [0.25, 0.3) is 0 Å². The smallest absolute Gasteiger partial charge is 0.263 e. The molecule has 0 atom stereocenters. The topological polar surface area (TPSA) is 42.0 Å². The van der Waals surface area contributed by atoms with Gasteiger partial charge in [0, 0.05) is 6.54 Å². The third-order valence-electron chi connectivity index (χ3n) is 2.02. The van der Waals surface area contributed by atoms with Crippen LogP contribution in [0.2, 0.25) is 0 Å². The highest BCUT2D eigenvalue weighted by atomic mass is 79.9. The van der Waals surface area contributed by atoms with Crippen LogP contribution >= 0.6 is 27.3 Å². The second kappa shape index (κ2) is 6.95. The Kier molecular flexibility index (Phi) is 5.86. The number of nitrogens with one attached hydrogen (secondary N) is 1. The maximum atomic E-state index is 11.5. The summed E-state index contributed by atoms with van der Waals surface area (Å²) in [4.78, 5) is 16.2. The molecule has 0 aliphatic carbocycles. The van der Waals surface area contributed by atoms with E-state index in [-0.39, 0.29) is 5.91 Å². The Labute approximate surface area is 102 Å². The largest absolute Gasteiger partial charge is 0.351 e. The number of hydrogen-bond donors (Lipinski definition) is 1.